The van der Waals surface area contributed by atoms with Crippen LogP contribution in [0, 0.1) is 12.7 Å². The standard InChI is InChI=1S/C17H13FN4OS/c1-11-5-4-8-22-9-12(19-15(11)22)10-24-17-21-20-16(23-17)13-6-2-3-7-14(13)18/h2-9H,10H2,1H3. The molecule has 3 heterocycles. The number of thioether (sulfide) groups is 1. The van der Waals surface area contributed by atoms with E-state index in [9.17, 15) is 4.39 Å². The molecule has 0 saturated heterocycles. The highest BCUT2D eigenvalue weighted by Crippen LogP contribution is 2.27. The zero-order chi connectivity index (χ0) is 16.5. The number of hydrogen-bond donors (Lipinski definition) is 0. The Kier molecular flexibility index (Phi) is 3.78. The minimum absolute atomic E-state index is 0.182. The molecule has 0 saturated carbocycles. The molecule has 1 aromatic carbocycles. The summed E-state index contributed by atoms with van der Waals surface area (Å²) in [7, 11) is 0. The quantitative estimate of drug-likeness (QED) is 0.523. The fourth-order valence-corrected chi connectivity index (χ4v) is 3.07. The van der Waals surface area contributed by atoms with Gasteiger partial charge in [-0.1, -0.05) is 30.0 Å². The van der Waals surface area contributed by atoms with Crippen molar-refractivity contribution in [3.8, 4) is 11.5 Å². The summed E-state index contributed by atoms with van der Waals surface area (Å²) in [6, 6.07) is 10.3. The molecule has 0 bridgehead atoms. The molecule has 3 aromatic heterocycles. The van der Waals surface area contributed by atoms with Crippen molar-refractivity contribution in [1.82, 2.24) is 19.6 Å². The van der Waals surface area contributed by atoms with Crippen LogP contribution in [0.4, 0.5) is 4.39 Å². The van der Waals surface area contributed by atoms with E-state index in [1.54, 1.807) is 18.2 Å². The Labute approximate surface area is 141 Å². The molecule has 5 nitrogen and oxygen atoms in total. The molecule has 0 aliphatic carbocycles. The van der Waals surface area contributed by atoms with Gasteiger partial charge in [0.1, 0.15) is 11.5 Å². The molecule has 24 heavy (non-hydrogen) atoms. The van der Waals surface area contributed by atoms with E-state index in [1.807, 2.05) is 35.9 Å². The summed E-state index contributed by atoms with van der Waals surface area (Å²) in [6.45, 7) is 2.03. The maximum Gasteiger partial charge on any atom is 0.277 e. The van der Waals surface area contributed by atoms with Crippen molar-refractivity contribution in [2.45, 2.75) is 17.9 Å². The lowest BCUT2D eigenvalue weighted by atomic mass is 10.2. The Morgan fingerprint density at radius 2 is 2.04 bits per heavy atom. The van der Waals surface area contributed by atoms with E-state index in [0.717, 1.165) is 16.9 Å². The van der Waals surface area contributed by atoms with Gasteiger partial charge in [0.15, 0.2) is 0 Å². The maximum absolute atomic E-state index is 13.7. The molecule has 0 unspecified atom stereocenters. The zero-order valence-corrected chi connectivity index (χ0v) is 13.6. The number of fused-ring (bicyclic) bond motifs is 1. The Morgan fingerprint density at radius 1 is 1.17 bits per heavy atom. The van der Waals surface area contributed by atoms with E-state index >= 15 is 0 Å². The molecule has 0 aliphatic rings. The van der Waals surface area contributed by atoms with Crippen molar-refractivity contribution in [2.75, 3.05) is 0 Å². The lowest BCUT2D eigenvalue weighted by Crippen LogP contribution is -1.84. The van der Waals surface area contributed by atoms with Gasteiger partial charge in [-0.05, 0) is 30.7 Å². The third-order valence-electron chi connectivity index (χ3n) is 3.58. The molecule has 0 fully saturated rings. The number of rotatable bonds is 4. The Balaban J connectivity index is 1.52. The Bertz CT molecular complexity index is 1010. The average molecular weight is 340 g/mol. The summed E-state index contributed by atoms with van der Waals surface area (Å²) in [5.41, 5.74) is 3.28. The molecule has 120 valence electrons. The summed E-state index contributed by atoms with van der Waals surface area (Å²) in [4.78, 5) is 4.60. The fourth-order valence-electron chi connectivity index (χ4n) is 2.42. The first kappa shape index (κ1) is 14.9. The molecule has 0 aliphatic heterocycles. The third kappa shape index (κ3) is 2.78. The second-order valence-electron chi connectivity index (χ2n) is 5.30. The summed E-state index contributed by atoms with van der Waals surface area (Å²) >= 11 is 1.38. The van der Waals surface area contributed by atoms with Gasteiger partial charge in [-0.25, -0.2) is 9.37 Å². The van der Waals surface area contributed by atoms with Gasteiger partial charge < -0.3 is 8.82 Å². The van der Waals surface area contributed by atoms with Gasteiger partial charge in [-0.15, -0.1) is 10.2 Å². The number of aromatic nitrogens is 4. The number of imidazole rings is 1. The first-order valence-corrected chi connectivity index (χ1v) is 8.33. The van der Waals surface area contributed by atoms with Gasteiger partial charge in [0.05, 0.1) is 11.3 Å². The number of hydrogen-bond acceptors (Lipinski definition) is 5. The van der Waals surface area contributed by atoms with Crippen molar-refractivity contribution >= 4 is 17.4 Å². The largest absolute Gasteiger partial charge is 0.411 e. The number of halogens is 1. The van der Waals surface area contributed by atoms with E-state index in [4.69, 9.17) is 4.42 Å². The monoisotopic (exact) mass is 340 g/mol. The van der Waals surface area contributed by atoms with E-state index in [1.165, 1.54) is 17.8 Å². The summed E-state index contributed by atoms with van der Waals surface area (Å²) in [5.74, 6) is 0.398. The molecule has 4 aromatic rings. The van der Waals surface area contributed by atoms with Crippen LogP contribution in [0.1, 0.15) is 11.3 Å². The minimum atomic E-state index is -0.381. The van der Waals surface area contributed by atoms with Gasteiger partial charge in [-0.2, -0.15) is 0 Å². The lowest BCUT2D eigenvalue weighted by molar-refractivity contribution is 0.462. The predicted molar refractivity (Wildman–Crippen MR) is 89.2 cm³/mol. The van der Waals surface area contributed by atoms with E-state index < -0.39 is 0 Å². The van der Waals surface area contributed by atoms with Crippen LogP contribution in [0.3, 0.4) is 0 Å². The highest BCUT2D eigenvalue weighted by atomic mass is 32.2. The van der Waals surface area contributed by atoms with Gasteiger partial charge in [0.25, 0.3) is 11.1 Å². The molecule has 0 amide bonds. The molecular weight excluding hydrogens is 327 g/mol. The van der Waals surface area contributed by atoms with Crippen LogP contribution >= 0.6 is 11.8 Å². The lowest BCUT2D eigenvalue weighted by Gasteiger charge is -1.95. The number of pyridine rings is 1. The van der Waals surface area contributed by atoms with Crippen LogP contribution in [0.25, 0.3) is 17.1 Å². The first-order valence-electron chi connectivity index (χ1n) is 7.35. The van der Waals surface area contributed by atoms with E-state index in [2.05, 4.69) is 15.2 Å². The predicted octanol–water partition coefficient (Wildman–Crippen LogP) is 4.12. The highest BCUT2D eigenvalue weighted by Gasteiger charge is 2.13. The van der Waals surface area contributed by atoms with Crippen LogP contribution in [-0.4, -0.2) is 19.6 Å². The van der Waals surface area contributed by atoms with Crippen molar-refractivity contribution < 1.29 is 8.81 Å². The average Bonchev–Trinajstić information content (AvgIpc) is 3.20. The van der Waals surface area contributed by atoms with Gasteiger partial charge in [0.2, 0.25) is 0 Å². The number of aryl methyl sites for hydroxylation is 1. The normalized spacial score (nSPS) is 11.2. The second kappa shape index (κ2) is 6.09. The summed E-state index contributed by atoms with van der Waals surface area (Å²) < 4.78 is 21.3. The van der Waals surface area contributed by atoms with E-state index in [-0.39, 0.29) is 11.7 Å². The molecular formula is C17H13FN4OS. The van der Waals surface area contributed by atoms with Gasteiger partial charge >= 0.3 is 0 Å². The van der Waals surface area contributed by atoms with Crippen LogP contribution in [0.2, 0.25) is 0 Å². The number of nitrogens with zero attached hydrogens (tertiary/aromatic N) is 4. The molecule has 0 atom stereocenters. The van der Waals surface area contributed by atoms with Gasteiger partial charge in [-0.3, -0.25) is 0 Å². The van der Waals surface area contributed by atoms with Gasteiger partial charge in [0, 0.05) is 18.1 Å². The van der Waals surface area contributed by atoms with E-state index in [0.29, 0.717) is 16.5 Å². The number of benzene rings is 1. The molecule has 0 N–H and O–H groups in total. The van der Waals surface area contributed by atoms with Crippen molar-refractivity contribution in [3.63, 3.8) is 0 Å². The maximum atomic E-state index is 13.7. The van der Waals surface area contributed by atoms with Crippen molar-refractivity contribution in [2.24, 2.45) is 0 Å². The highest BCUT2D eigenvalue weighted by molar-refractivity contribution is 7.98. The topological polar surface area (TPSA) is 56.2 Å². The molecule has 0 spiro atoms. The van der Waals surface area contributed by atoms with Crippen LogP contribution in [0.15, 0.2) is 58.4 Å². The summed E-state index contributed by atoms with van der Waals surface area (Å²) in [5, 5.41) is 8.27. The smallest absolute Gasteiger partial charge is 0.277 e. The Morgan fingerprint density at radius 3 is 2.88 bits per heavy atom. The SMILES string of the molecule is Cc1cccn2cc(CSc3nnc(-c4ccccc4F)o3)nc12. The molecule has 0 radical (unpaired) electrons. The van der Waals surface area contributed by atoms with Crippen molar-refractivity contribution in [1.29, 1.82) is 0 Å². The third-order valence-corrected chi connectivity index (χ3v) is 4.43. The van der Waals surface area contributed by atoms with Crippen LogP contribution < -0.4 is 0 Å². The second-order valence-corrected chi connectivity index (χ2v) is 6.22. The van der Waals surface area contributed by atoms with Crippen molar-refractivity contribution in [3.05, 3.63) is 65.9 Å². The molecule has 4 rings (SSSR count). The fraction of sp³-hybridized carbons (Fsp3) is 0.118. The van der Waals surface area contributed by atoms with Crippen LogP contribution in [0.5, 0.6) is 0 Å². The van der Waals surface area contributed by atoms with Crippen LogP contribution in [-0.2, 0) is 5.75 Å². The first-order chi connectivity index (χ1) is 11.7. The molecule has 7 heteroatoms. The summed E-state index contributed by atoms with van der Waals surface area (Å²) in [6.07, 6.45) is 3.94. The zero-order valence-electron chi connectivity index (χ0n) is 12.8. The Hall–Kier alpha value is -2.67. The minimum Gasteiger partial charge on any atom is -0.411 e.